The number of thioether (sulfide) groups is 1. The van der Waals surface area contributed by atoms with Crippen molar-refractivity contribution >= 4 is 23.4 Å². The van der Waals surface area contributed by atoms with Gasteiger partial charge < -0.3 is 5.32 Å². The predicted octanol–water partition coefficient (Wildman–Crippen LogP) is 5.93. The number of aryl methyl sites for hydroxylation is 1. The van der Waals surface area contributed by atoms with E-state index in [9.17, 15) is 10.1 Å². The van der Waals surface area contributed by atoms with Gasteiger partial charge in [-0.05, 0) is 55.0 Å². The van der Waals surface area contributed by atoms with E-state index in [2.05, 4.69) is 37.1 Å². The number of hydrogen-bond acceptors (Lipinski definition) is 4. The lowest BCUT2D eigenvalue weighted by Gasteiger charge is -2.16. The zero-order valence-corrected chi connectivity index (χ0v) is 18.0. The summed E-state index contributed by atoms with van der Waals surface area (Å²) in [5, 5.41) is 12.8. The summed E-state index contributed by atoms with van der Waals surface area (Å²) in [5.41, 5.74) is 3.53. The molecule has 0 aliphatic rings. The minimum absolute atomic E-state index is 0.0607. The number of nitrogens with zero attached hydrogens (tertiary/aromatic N) is 2. The van der Waals surface area contributed by atoms with Gasteiger partial charge in [0.2, 0.25) is 5.91 Å². The van der Waals surface area contributed by atoms with E-state index in [0.29, 0.717) is 22.9 Å². The van der Waals surface area contributed by atoms with Crippen molar-refractivity contribution in [1.82, 2.24) is 4.98 Å². The Kier molecular flexibility index (Phi) is 8.53. The predicted molar refractivity (Wildman–Crippen MR) is 117 cm³/mol. The Morgan fingerprint density at radius 1 is 1.18 bits per heavy atom. The highest BCUT2D eigenvalue weighted by Gasteiger charge is 2.21. The van der Waals surface area contributed by atoms with Crippen molar-refractivity contribution in [2.24, 2.45) is 0 Å². The minimum atomic E-state index is -0.300. The second-order valence-corrected chi connectivity index (χ2v) is 8.34. The average Bonchev–Trinajstić information content (AvgIpc) is 2.70. The highest BCUT2D eigenvalue weighted by Crippen LogP contribution is 2.28. The summed E-state index contributed by atoms with van der Waals surface area (Å²) in [7, 11) is 0. The Bertz CT molecular complexity index is 825. The third kappa shape index (κ3) is 6.10. The monoisotopic (exact) mass is 395 g/mol. The van der Waals surface area contributed by atoms with Crippen LogP contribution in [-0.2, 0) is 11.2 Å². The number of aromatic nitrogens is 1. The summed E-state index contributed by atoms with van der Waals surface area (Å²) < 4.78 is 0. The molecule has 2 aromatic rings. The van der Waals surface area contributed by atoms with Crippen LogP contribution < -0.4 is 5.32 Å². The molecule has 0 saturated carbocycles. The average molecular weight is 396 g/mol. The van der Waals surface area contributed by atoms with Gasteiger partial charge >= 0.3 is 0 Å². The smallest absolute Gasteiger partial charge is 0.237 e. The quantitative estimate of drug-likeness (QED) is 0.535. The van der Waals surface area contributed by atoms with Crippen molar-refractivity contribution in [2.45, 2.75) is 69.6 Å². The number of carbonyl (C=O) groups excluding carboxylic acids is 1. The summed E-state index contributed by atoms with van der Waals surface area (Å²) in [6.07, 6.45) is 3.71. The second-order valence-electron chi connectivity index (χ2n) is 7.15. The van der Waals surface area contributed by atoms with E-state index < -0.39 is 0 Å². The topological polar surface area (TPSA) is 65.8 Å². The molecule has 1 aromatic carbocycles. The van der Waals surface area contributed by atoms with E-state index in [1.165, 1.54) is 17.3 Å². The second kappa shape index (κ2) is 10.9. The Morgan fingerprint density at radius 2 is 1.89 bits per heavy atom. The molecule has 0 radical (unpaired) electrons. The Balaban J connectivity index is 2.12. The van der Waals surface area contributed by atoms with Crippen molar-refractivity contribution < 1.29 is 4.79 Å². The first kappa shape index (κ1) is 22.0. The lowest BCUT2D eigenvalue weighted by molar-refractivity contribution is -0.115. The van der Waals surface area contributed by atoms with Crippen LogP contribution in [0.25, 0.3) is 0 Å². The van der Waals surface area contributed by atoms with E-state index in [4.69, 9.17) is 0 Å². The van der Waals surface area contributed by atoms with Crippen LogP contribution in [0, 0.1) is 11.3 Å². The maximum atomic E-state index is 12.8. The van der Waals surface area contributed by atoms with E-state index in [1.54, 1.807) is 0 Å². The van der Waals surface area contributed by atoms with E-state index in [0.717, 1.165) is 30.6 Å². The molecule has 1 heterocycles. The maximum absolute atomic E-state index is 12.8. The van der Waals surface area contributed by atoms with Gasteiger partial charge in [-0.3, -0.25) is 4.79 Å². The summed E-state index contributed by atoms with van der Waals surface area (Å²) in [5.74, 6) is 0.397. The van der Waals surface area contributed by atoms with Gasteiger partial charge in [-0.25, -0.2) is 4.98 Å². The lowest BCUT2D eigenvalue weighted by atomic mass is 10.0. The highest BCUT2D eigenvalue weighted by molar-refractivity contribution is 8.00. The molecule has 1 unspecified atom stereocenters. The van der Waals surface area contributed by atoms with Gasteiger partial charge in [0.25, 0.3) is 0 Å². The van der Waals surface area contributed by atoms with Crippen LogP contribution in [0.2, 0.25) is 0 Å². The summed E-state index contributed by atoms with van der Waals surface area (Å²) in [6, 6.07) is 13.9. The van der Waals surface area contributed by atoms with Gasteiger partial charge in [0.05, 0.1) is 10.8 Å². The van der Waals surface area contributed by atoms with Crippen molar-refractivity contribution in [3.05, 3.63) is 53.2 Å². The van der Waals surface area contributed by atoms with Crippen molar-refractivity contribution in [3.8, 4) is 6.07 Å². The molecule has 0 aliphatic carbocycles. The number of pyridine rings is 1. The first-order valence-corrected chi connectivity index (χ1v) is 10.8. The Hall–Kier alpha value is -2.32. The molecule has 0 bridgehead atoms. The van der Waals surface area contributed by atoms with Gasteiger partial charge in [0, 0.05) is 11.4 Å². The van der Waals surface area contributed by atoms with Crippen LogP contribution in [0.5, 0.6) is 0 Å². The molecule has 0 spiro atoms. The molecule has 5 heteroatoms. The molecule has 4 nitrogen and oxygen atoms in total. The van der Waals surface area contributed by atoms with Gasteiger partial charge in [-0.15, -0.1) is 0 Å². The molecule has 1 atom stereocenters. The Morgan fingerprint density at radius 3 is 2.46 bits per heavy atom. The summed E-state index contributed by atoms with van der Waals surface area (Å²) >= 11 is 1.38. The molecule has 1 N–H and O–H groups in total. The fraction of sp³-hybridized carbons (Fsp3) is 0.435. The molecule has 0 fully saturated rings. The number of amides is 1. The van der Waals surface area contributed by atoms with Gasteiger partial charge in [-0.2, -0.15) is 5.26 Å². The normalized spacial score (nSPS) is 11.9. The van der Waals surface area contributed by atoms with Crippen LogP contribution in [0.3, 0.4) is 0 Å². The molecule has 0 aliphatic heterocycles. The van der Waals surface area contributed by atoms with Crippen LogP contribution in [0.1, 0.15) is 69.7 Å². The molecular formula is C23H29N3OS. The third-order valence-electron chi connectivity index (χ3n) is 4.59. The van der Waals surface area contributed by atoms with Crippen LogP contribution >= 0.6 is 11.8 Å². The van der Waals surface area contributed by atoms with Crippen LogP contribution in [0.15, 0.2) is 41.4 Å². The SMILES string of the molecule is CCCCc1ccc(C#N)c(SC(CC)C(=O)Nc2ccc(C(C)C)cc2)n1. The number of nitrogens with one attached hydrogen (secondary N) is 1. The van der Waals surface area contributed by atoms with Crippen molar-refractivity contribution in [3.63, 3.8) is 0 Å². The summed E-state index contributed by atoms with van der Waals surface area (Å²) in [4.78, 5) is 17.4. The first-order valence-electron chi connectivity index (χ1n) is 9.95. The zero-order chi connectivity index (χ0) is 20.5. The van der Waals surface area contributed by atoms with E-state index in [1.807, 2.05) is 43.3 Å². The number of carbonyl (C=O) groups is 1. The molecule has 28 heavy (non-hydrogen) atoms. The fourth-order valence-electron chi connectivity index (χ4n) is 2.78. The number of rotatable bonds is 9. The van der Waals surface area contributed by atoms with E-state index >= 15 is 0 Å². The van der Waals surface area contributed by atoms with Gasteiger partial charge in [0.15, 0.2) is 0 Å². The standard InChI is InChI=1S/C23H29N3OS/c1-5-7-8-19-14-11-18(15-24)23(26-19)28-21(6-2)22(27)25-20-12-9-17(10-13-20)16(3)4/h9-14,16,21H,5-8H2,1-4H3,(H,25,27). The fourth-order valence-corrected chi connectivity index (χ4v) is 3.79. The van der Waals surface area contributed by atoms with E-state index in [-0.39, 0.29) is 11.2 Å². The molecule has 148 valence electrons. The molecule has 1 aromatic heterocycles. The highest BCUT2D eigenvalue weighted by atomic mass is 32.2. The lowest BCUT2D eigenvalue weighted by Crippen LogP contribution is -2.24. The molecule has 2 rings (SSSR count). The van der Waals surface area contributed by atoms with Crippen LogP contribution in [0.4, 0.5) is 5.69 Å². The maximum Gasteiger partial charge on any atom is 0.237 e. The van der Waals surface area contributed by atoms with Gasteiger partial charge in [-0.1, -0.05) is 58.0 Å². The number of benzene rings is 1. The summed E-state index contributed by atoms with van der Waals surface area (Å²) in [6.45, 7) is 8.41. The largest absolute Gasteiger partial charge is 0.325 e. The Labute approximate surface area is 172 Å². The number of unbranched alkanes of at least 4 members (excludes halogenated alkanes) is 1. The zero-order valence-electron chi connectivity index (χ0n) is 17.2. The molecule has 0 saturated heterocycles. The van der Waals surface area contributed by atoms with Crippen molar-refractivity contribution in [2.75, 3.05) is 5.32 Å². The minimum Gasteiger partial charge on any atom is -0.325 e. The molecular weight excluding hydrogens is 366 g/mol. The number of hydrogen-bond donors (Lipinski definition) is 1. The van der Waals surface area contributed by atoms with Crippen molar-refractivity contribution in [1.29, 1.82) is 5.26 Å². The van der Waals surface area contributed by atoms with Gasteiger partial charge in [0.1, 0.15) is 11.1 Å². The molecule has 1 amide bonds. The first-order chi connectivity index (χ1) is 13.5. The number of nitriles is 1. The number of anilines is 1. The third-order valence-corrected chi connectivity index (χ3v) is 5.95. The van der Waals surface area contributed by atoms with Crippen LogP contribution in [-0.4, -0.2) is 16.1 Å².